The largest absolute Gasteiger partial charge is 0.299 e. The Morgan fingerprint density at radius 1 is 0.941 bits per heavy atom. The molecule has 2 heteroatoms. The van der Waals surface area contributed by atoms with Gasteiger partial charge in [-0.15, -0.1) is 0 Å². The fourth-order valence-electron chi connectivity index (χ4n) is 2.89. The van der Waals surface area contributed by atoms with E-state index in [1.54, 1.807) is 0 Å². The summed E-state index contributed by atoms with van der Waals surface area (Å²) in [6.07, 6.45) is 1.31. The van der Waals surface area contributed by atoms with Crippen LogP contribution in [0.2, 0.25) is 0 Å². The molecule has 1 saturated heterocycles. The van der Waals surface area contributed by atoms with Crippen molar-refractivity contribution in [3.63, 3.8) is 0 Å². The molecule has 2 nitrogen and oxygen atoms in total. The number of hydrogen-bond acceptors (Lipinski definition) is 2. The predicted molar refractivity (Wildman–Crippen MR) is 76.4 cm³/mol. The molecule has 17 heavy (non-hydrogen) atoms. The van der Waals surface area contributed by atoms with E-state index in [1.807, 2.05) is 0 Å². The maximum Gasteiger partial charge on any atom is 0.0274 e. The van der Waals surface area contributed by atoms with E-state index < -0.39 is 0 Å². The van der Waals surface area contributed by atoms with Crippen LogP contribution >= 0.6 is 0 Å². The van der Waals surface area contributed by atoms with Crippen molar-refractivity contribution in [2.24, 2.45) is 5.41 Å². The van der Waals surface area contributed by atoms with Crippen molar-refractivity contribution in [1.29, 1.82) is 0 Å². The van der Waals surface area contributed by atoms with E-state index in [0.717, 1.165) is 0 Å². The normalized spacial score (nSPS) is 25.6. The molecule has 102 valence electrons. The van der Waals surface area contributed by atoms with Crippen molar-refractivity contribution in [3.8, 4) is 0 Å². The summed E-state index contributed by atoms with van der Waals surface area (Å²) < 4.78 is 0. The maximum atomic E-state index is 2.71. The zero-order chi connectivity index (χ0) is 13.2. The molecular weight excluding hydrogens is 208 g/mol. The van der Waals surface area contributed by atoms with Gasteiger partial charge in [0.15, 0.2) is 0 Å². The molecule has 0 aromatic heterocycles. The Balaban J connectivity index is 2.87. The van der Waals surface area contributed by atoms with Crippen molar-refractivity contribution in [1.82, 2.24) is 9.80 Å². The van der Waals surface area contributed by atoms with Crippen molar-refractivity contribution in [3.05, 3.63) is 0 Å². The van der Waals surface area contributed by atoms with Crippen LogP contribution in [0.3, 0.4) is 0 Å². The summed E-state index contributed by atoms with van der Waals surface area (Å²) >= 11 is 0. The van der Waals surface area contributed by atoms with Gasteiger partial charge in [0.2, 0.25) is 0 Å². The quantitative estimate of drug-likeness (QED) is 0.731. The van der Waals surface area contributed by atoms with Crippen LogP contribution in [0.1, 0.15) is 54.9 Å². The fourth-order valence-corrected chi connectivity index (χ4v) is 2.89. The van der Waals surface area contributed by atoms with E-state index in [4.69, 9.17) is 0 Å². The molecule has 0 N–H and O–H groups in total. The number of rotatable bonds is 2. The molecule has 0 unspecified atom stereocenters. The Kier molecular flexibility index (Phi) is 5.03. The van der Waals surface area contributed by atoms with Gasteiger partial charge in [-0.2, -0.15) is 0 Å². The average Bonchev–Trinajstić information content (AvgIpc) is 2.37. The van der Waals surface area contributed by atoms with Gasteiger partial charge >= 0.3 is 0 Å². The molecule has 0 bridgehead atoms. The van der Waals surface area contributed by atoms with Crippen LogP contribution in [-0.2, 0) is 0 Å². The van der Waals surface area contributed by atoms with E-state index in [-0.39, 0.29) is 0 Å². The summed E-state index contributed by atoms with van der Waals surface area (Å²) in [7, 11) is 0. The number of nitrogens with zero attached hydrogens (tertiary/aromatic N) is 2. The second kappa shape index (κ2) is 5.71. The van der Waals surface area contributed by atoms with Crippen molar-refractivity contribution < 1.29 is 0 Å². The Morgan fingerprint density at radius 3 is 1.94 bits per heavy atom. The monoisotopic (exact) mass is 240 g/mol. The SMILES string of the molecule is CC(C)N1CCCN(C(C)C)[C@H](C(C)(C)C)C1. The van der Waals surface area contributed by atoms with Crippen LogP contribution in [0.15, 0.2) is 0 Å². The molecule has 0 radical (unpaired) electrons. The van der Waals surface area contributed by atoms with Gasteiger partial charge in [-0.25, -0.2) is 0 Å². The summed E-state index contributed by atoms with van der Waals surface area (Å²) in [5, 5.41) is 0. The Bertz CT molecular complexity index is 228. The molecule has 0 aromatic carbocycles. The highest BCUT2D eigenvalue weighted by Gasteiger charge is 2.35. The number of hydrogen-bond donors (Lipinski definition) is 0. The molecule has 1 heterocycles. The molecule has 0 aliphatic carbocycles. The summed E-state index contributed by atoms with van der Waals surface area (Å²) in [6, 6.07) is 2.01. The summed E-state index contributed by atoms with van der Waals surface area (Å²) in [4.78, 5) is 5.36. The first-order chi connectivity index (χ1) is 7.73. The standard InChI is InChI=1S/C15H32N2/c1-12(2)16-9-8-10-17(13(3)4)14(11-16)15(5,6)7/h12-14H,8-11H2,1-7H3/t14-/m0/s1. The first kappa shape index (κ1) is 15.0. The molecule has 1 aliphatic rings. The Labute approximate surface area is 108 Å². The van der Waals surface area contributed by atoms with Gasteiger partial charge in [0, 0.05) is 24.7 Å². The summed E-state index contributed by atoms with van der Waals surface area (Å²) in [5.41, 5.74) is 0.363. The molecule has 1 atom stereocenters. The highest BCUT2D eigenvalue weighted by atomic mass is 15.3. The van der Waals surface area contributed by atoms with Gasteiger partial charge in [0.05, 0.1) is 0 Å². The minimum absolute atomic E-state index is 0.363. The van der Waals surface area contributed by atoms with E-state index in [2.05, 4.69) is 58.3 Å². The van der Waals surface area contributed by atoms with Crippen molar-refractivity contribution in [2.45, 2.75) is 73.0 Å². The van der Waals surface area contributed by atoms with Crippen molar-refractivity contribution >= 4 is 0 Å². The minimum Gasteiger partial charge on any atom is -0.299 e. The molecule has 0 spiro atoms. The first-order valence-electron chi connectivity index (χ1n) is 7.23. The van der Waals surface area contributed by atoms with Crippen LogP contribution in [0.5, 0.6) is 0 Å². The Morgan fingerprint density at radius 2 is 1.53 bits per heavy atom. The molecule has 0 aromatic rings. The van der Waals surface area contributed by atoms with E-state index in [0.29, 0.717) is 23.5 Å². The lowest BCUT2D eigenvalue weighted by Gasteiger charge is -2.43. The second-order valence-corrected chi connectivity index (χ2v) is 7.16. The lowest BCUT2D eigenvalue weighted by Crippen LogP contribution is -2.52. The topological polar surface area (TPSA) is 6.48 Å². The molecular formula is C15H32N2. The van der Waals surface area contributed by atoms with E-state index in [1.165, 1.54) is 26.1 Å². The lowest BCUT2D eigenvalue weighted by atomic mass is 9.84. The lowest BCUT2D eigenvalue weighted by molar-refractivity contribution is 0.0573. The maximum absolute atomic E-state index is 2.71. The third-order valence-corrected chi connectivity index (χ3v) is 4.06. The zero-order valence-electron chi connectivity index (χ0n) is 13.0. The smallest absolute Gasteiger partial charge is 0.0274 e. The molecule has 1 rings (SSSR count). The van der Waals surface area contributed by atoms with Gasteiger partial charge in [-0.3, -0.25) is 9.80 Å². The van der Waals surface area contributed by atoms with Crippen LogP contribution in [0.4, 0.5) is 0 Å². The predicted octanol–water partition coefficient (Wildman–Crippen LogP) is 3.23. The van der Waals surface area contributed by atoms with Crippen molar-refractivity contribution in [2.75, 3.05) is 19.6 Å². The van der Waals surface area contributed by atoms with Gasteiger partial charge in [0.1, 0.15) is 0 Å². The zero-order valence-corrected chi connectivity index (χ0v) is 13.0. The Hall–Kier alpha value is -0.0800. The molecule has 1 fully saturated rings. The van der Waals surface area contributed by atoms with Gasteiger partial charge < -0.3 is 0 Å². The van der Waals surface area contributed by atoms with Crippen LogP contribution in [0.25, 0.3) is 0 Å². The third-order valence-electron chi connectivity index (χ3n) is 4.06. The second-order valence-electron chi connectivity index (χ2n) is 7.16. The van der Waals surface area contributed by atoms with E-state index in [9.17, 15) is 0 Å². The first-order valence-corrected chi connectivity index (χ1v) is 7.23. The van der Waals surface area contributed by atoms with Gasteiger partial charge in [0.25, 0.3) is 0 Å². The minimum atomic E-state index is 0.363. The summed E-state index contributed by atoms with van der Waals surface area (Å²) in [6.45, 7) is 20.2. The van der Waals surface area contributed by atoms with Crippen LogP contribution in [0, 0.1) is 5.41 Å². The fraction of sp³-hybridized carbons (Fsp3) is 1.00. The van der Waals surface area contributed by atoms with Crippen LogP contribution < -0.4 is 0 Å². The summed E-state index contributed by atoms with van der Waals surface area (Å²) in [5.74, 6) is 0. The average molecular weight is 240 g/mol. The van der Waals surface area contributed by atoms with Crippen LogP contribution in [-0.4, -0.2) is 47.6 Å². The highest BCUT2D eigenvalue weighted by molar-refractivity contribution is 4.90. The van der Waals surface area contributed by atoms with E-state index >= 15 is 0 Å². The highest BCUT2D eigenvalue weighted by Crippen LogP contribution is 2.29. The molecule has 0 saturated carbocycles. The van der Waals surface area contributed by atoms with Gasteiger partial charge in [-0.05, 0) is 52.6 Å². The third kappa shape index (κ3) is 3.96. The van der Waals surface area contributed by atoms with Gasteiger partial charge in [-0.1, -0.05) is 20.8 Å². The molecule has 1 aliphatic heterocycles. The molecule has 0 amide bonds.